The molecule has 3 aromatic rings. The third-order valence-corrected chi connectivity index (χ3v) is 5.05. The smallest absolute Gasteiger partial charge is 0.231 e. The molecule has 0 N–H and O–H groups in total. The molecule has 0 saturated heterocycles. The number of carbonyl (C=O) groups is 1. The lowest BCUT2D eigenvalue weighted by Crippen LogP contribution is -2.28. The summed E-state index contributed by atoms with van der Waals surface area (Å²) in [5, 5.41) is 4.63. The first kappa shape index (κ1) is 18.1. The normalized spacial score (nSPS) is 12.2. The van der Waals surface area contributed by atoms with Gasteiger partial charge in [-0.1, -0.05) is 24.3 Å². The predicted molar refractivity (Wildman–Crippen MR) is 106 cm³/mol. The monoisotopic (exact) mass is 377 g/mol. The molecule has 0 atom stereocenters. The van der Waals surface area contributed by atoms with Crippen LogP contribution < -0.4 is 9.47 Å². The maximum atomic E-state index is 12.8. The fourth-order valence-corrected chi connectivity index (χ4v) is 3.44. The first-order valence-electron chi connectivity index (χ1n) is 9.26. The number of carbonyl (C=O) groups excluding carboxylic acids is 1. The van der Waals surface area contributed by atoms with Crippen molar-refractivity contribution in [2.45, 2.75) is 26.8 Å². The lowest BCUT2D eigenvalue weighted by atomic mass is 10.1. The third kappa shape index (κ3) is 3.45. The van der Waals surface area contributed by atoms with E-state index >= 15 is 0 Å². The Labute approximate surface area is 164 Å². The molecule has 2 aromatic carbocycles. The van der Waals surface area contributed by atoms with E-state index in [1.165, 1.54) is 0 Å². The van der Waals surface area contributed by atoms with E-state index in [1.807, 2.05) is 74.1 Å². The molecule has 0 unspecified atom stereocenters. The Morgan fingerprint density at radius 1 is 1.11 bits per heavy atom. The summed E-state index contributed by atoms with van der Waals surface area (Å²) in [7, 11) is 1.82. The van der Waals surface area contributed by atoms with Gasteiger partial charge in [0.2, 0.25) is 12.7 Å². The second kappa shape index (κ2) is 7.38. The number of ether oxygens (including phenoxy) is 2. The van der Waals surface area contributed by atoms with Crippen LogP contribution >= 0.6 is 0 Å². The van der Waals surface area contributed by atoms with Crippen LogP contribution in [-0.4, -0.2) is 34.4 Å². The zero-order chi connectivity index (χ0) is 19.7. The summed E-state index contributed by atoms with van der Waals surface area (Å²) >= 11 is 0. The van der Waals surface area contributed by atoms with Crippen molar-refractivity contribution in [1.82, 2.24) is 14.7 Å². The maximum absolute atomic E-state index is 12.8. The van der Waals surface area contributed by atoms with Crippen LogP contribution in [0.3, 0.4) is 0 Å². The fraction of sp³-hybridized carbons (Fsp3) is 0.273. The van der Waals surface area contributed by atoms with Gasteiger partial charge in [-0.05, 0) is 43.7 Å². The largest absolute Gasteiger partial charge is 0.454 e. The van der Waals surface area contributed by atoms with Gasteiger partial charge in [0.1, 0.15) is 0 Å². The summed E-state index contributed by atoms with van der Waals surface area (Å²) in [5.41, 5.74) is 4.86. The molecule has 0 fully saturated rings. The van der Waals surface area contributed by atoms with E-state index in [-0.39, 0.29) is 12.7 Å². The van der Waals surface area contributed by atoms with Crippen molar-refractivity contribution < 1.29 is 14.3 Å². The number of para-hydroxylation sites is 1. The molecule has 6 heteroatoms. The molecule has 1 amide bonds. The summed E-state index contributed by atoms with van der Waals surface area (Å²) in [6.45, 7) is 4.72. The van der Waals surface area contributed by atoms with E-state index in [9.17, 15) is 4.79 Å². The molecule has 144 valence electrons. The molecule has 2 heterocycles. The molecular formula is C22H23N3O3. The maximum Gasteiger partial charge on any atom is 0.231 e. The molecular weight excluding hydrogens is 354 g/mol. The van der Waals surface area contributed by atoms with Gasteiger partial charge in [-0.25, -0.2) is 4.68 Å². The molecule has 0 saturated carbocycles. The van der Waals surface area contributed by atoms with E-state index < -0.39 is 0 Å². The quantitative estimate of drug-likeness (QED) is 0.684. The van der Waals surface area contributed by atoms with Crippen LogP contribution in [-0.2, 0) is 17.8 Å². The number of nitrogens with zero attached hydrogens (tertiary/aromatic N) is 3. The van der Waals surface area contributed by atoms with Crippen LogP contribution in [0, 0.1) is 13.8 Å². The first-order chi connectivity index (χ1) is 13.5. The Balaban J connectivity index is 1.48. The van der Waals surface area contributed by atoms with Crippen molar-refractivity contribution in [1.29, 1.82) is 0 Å². The number of benzene rings is 2. The van der Waals surface area contributed by atoms with Gasteiger partial charge >= 0.3 is 0 Å². The number of amides is 1. The summed E-state index contributed by atoms with van der Waals surface area (Å²) in [6, 6.07) is 15.7. The number of aromatic nitrogens is 2. The van der Waals surface area contributed by atoms with Crippen LogP contribution in [0.5, 0.6) is 11.5 Å². The number of likely N-dealkylation sites (N-methyl/N-ethyl adjacent to an activating group) is 1. The van der Waals surface area contributed by atoms with Crippen molar-refractivity contribution in [3.8, 4) is 17.2 Å². The van der Waals surface area contributed by atoms with Crippen LogP contribution in [0.15, 0.2) is 48.5 Å². The zero-order valence-corrected chi connectivity index (χ0v) is 16.3. The van der Waals surface area contributed by atoms with Crippen molar-refractivity contribution in [3.05, 3.63) is 71.0 Å². The average molecular weight is 377 g/mol. The van der Waals surface area contributed by atoms with E-state index in [1.54, 1.807) is 4.90 Å². The van der Waals surface area contributed by atoms with Crippen molar-refractivity contribution in [3.63, 3.8) is 0 Å². The zero-order valence-electron chi connectivity index (χ0n) is 16.3. The second-order valence-corrected chi connectivity index (χ2v) is 7.01. The van der Waals surface area contributed by atoms with Crippen molar-refractivity contribution >= 4 is 5.91 Å². The minimum Gasteiger partial charge on any atom is -0.454 e. The molecule has 4 rings (SSSR count). The topological polar surface area (TPSA) is 56.6 Å². The molecule has 1 aliphatic heterocycles. The number of hydrogen-bond acceptors (Lipinski definition) is 4. The molecule has 28 heavy (non-hydrogen) atoms. The van der Waals surface area contributed by atoms with Crippen LogP contribution in [0.4, 0.5) is 0 Å². The molecule has 0 radical (unpaired) electrons. The molecule has 6 nitrogen and oxygen atoms in total. The Morgan fingerprint density at radius 3 is 2.64 bits per heavy atom. The molecule has 0 bridgehead atoms. The van der Waals surface area contributed by atoms with Gasteiger partial charge in [0.15, 0.2) is 11.5 Å². The standard InChI is InChI=1S/C22H23N3O3/c1-15-19(16(2)25(23-15)18-7-5-4-6-8-18)12-22(26)24(3)13-17-9-10-20-21(11-17)28-14-27-20/h4-11H,12-14H2,1-3H3. The molecule has 0 aliphatic carbocycles. The highest BCUT2D eigenvalue weighted by Gasteiger charge is 2.19. The van der Waals surface area contributed by atoms with E-state index in [4.69, 9.17) is 9.47 Å². The third-order valence-electron chi connectivity index (χ3n) is 5.05. The van der Waals surface area contributed by atoms with E-state index in [0.29, 0.717) is 13.0 Å². The van der Waals surface area contributed by atoms with Crippen molar-refractivity contribution in [2.24, 2.45) is 0 Å². The highest BCUT2D eigenvalue weighted by molar-refractivity contribution is 5.79. The Kier molecular flexibility index (Phi) is 4.77. The van der Waals surface area contributed by atoms with Gasteiger partial charge < -0.3 is 14.4 Å². The highest BCUT2D eigenvalue weighted by atomic mass is 16.7. The van der Waals surface area contributed by atoms with Gasteiger partial charge in [0, 0.05) is 24.8 Å². The molecule has 0 spiro atoms. The van der Waals surface area contributed by atoms with Crippen LogP contribution in [0.1, 0.15) is 22.5 Å². The number of hydrogen-bond donors (Lipinski definition) is 0. The number of aryl methyl sites for hydroxylation is 1. The predicted octanol–water partition coefficient (Wildman–Crippen LogP) is 3.42. The van der Waals surface area contributed by atoms with E-state index in [2.05, 4.69) is 5.10 Å². The molecule has 1 aliphatic rings. The summed E-state index contributed by atoms with van der Waals surface area (Å²) in [6.07, 6.45) is 0.325. The van der Waals surface area contributed by atoms with Crippen molar-refractivity contribution in [2.75, 3.05) is 13.8 Å². The fourth-order valence-electron chi connectivity index (χ4n) is 3.44. The van der Waals surface area contributed by atoms with Gasteiger partial charge in [0.25, 0.3) is 0 Å². The highest BCUT2D eigenvalue weighted by Crippen LogP contribution is 2.32. The van der Waals surface area contributed by atoms with Gasteiger partial charge in [-0.15, -0.1) is 0 Å². The minimum atomic E-state index is 0.0523. The number of rotatable bonds is 5. The Morgan fingerprint density at radius 2 is 1.86 bits per heavy atom. The number of fused-ring (bicyclic) bond motifs is 1. The lowest BCUT2D eigenvalue weighted by molar-refractivity contribution is -0.129. The summed E-state index contributed by atoms with van der Waals surface area (Å²) in [5.74, 6) is 1.53. The second-order valence-electron chi connectivity index (χ2n) is 7.01. The van der Waals surface area contributed by atoms with Crippen LogP contribution in [0.2, 0.25) is 0 Å². The molecule has 1 aromatic heterocycles. The van der Waals surface area contributed by atoms with Crippen LogP contribution in [0.25, 0.3) is 5.69 Å². The summed E-state index contributed by atoms with van der Waals surface area (Å²) < 4.78 is 12.7. The van der Waals surface area contributed by atoms with Gasteiger partial charge in [-0.3, -0.25) is 4.79 Å². The van der Waals surface area contributed by atoms with E-state index in [0.717, 1.165) is 39.7 Å². The van der Waals surface area contributed by atoms with Gasteiger partial charge in [-0.2, -0.15) is 5.10 Å². The Hall–Kier alpha value is -3.28. The van der Waals surface area contributed by atoms with Gasteiger partial charge in [0.05, 0.1) is 17.8 Å². The summed E-state index contributed by atoms with van der Waals surface area (Å²) in [4.78, 5) is 14.6. The lowest BCUT2D eigenvalue weighted by Gasteiger charge is -2.18. The average Bonchev–Trinajstić information content (AvgIpc) is 3.27. The first-order valence-corrected chi connectivity index (χ1v) is 9.26. The Bertz CT molecular complexity index is 1010. The minimum absolute atomic E-state index is 0.0523. The SMILES string of the molecule is Cc1nn(-c2ccccc2)c(C)c1CC(=O)N(C)Cc1ccc2c(c1)OCO2.